The molecule has 1 aromatic rings. The Kier molecular flexibility index (Phi) is 5.36. The van der Waals surface area contributed by atoms with E-state index in [1.807, 2.05) is 13.8 Å². The molecule has 5 nitrogen and oxygen atoms in total. The Labute approximate surface area is 113 Å². The van der Waals surface area contributed by atoms with Gasteiger partial charge in [0.05, 0.1) is 5.56 Å². The lowest BCUT2D eigenvalue weighted by molar-refractivity contribution is -0.134. The average Bonchev–Trinajstić information content (AvgIpc) is 2.37. The first-order chi connectivity index (χ1) is 8.99. The zero-order valence-electron chi connectivity index (χ0n) is 11.6. The summed E-state index contributed by atoms with van der Waals surface area (Å²) in [5, 5.41) is 0. The molecule has 5 heteroatoms. The maximum atomic E-state index is 11.8. The van der Waals surface area contributed by atoms with Crippen LogP contribution in [0.2, 0.25) is 0 Å². The van der Waals surface area contributed by atoms with Crippen molar-refractivity contribution in [1.29, 1.82) is 0 Å². The Bertz CT molecular complexity index is 468. The third-order valence-electron chi connectivity index (χ3n) is 2.91. The number of benzene rings is 1. The highest BCUT2D eigenvalue weighted by molar-refractivity contribution is 5.93. The van der Waals surface area contributed by atoms with Gasteiger partial charge in [0.25, 0.3) is 5.91 Å². The van der Waals surface area contributed by atoms with Gasteiger partial charge in [-0.1, -0.05) is 0 Å². The molecule has 0 saturated heterocycles. The number of likely N-dealkylation sites (N-methyl/N-ethyl adjacent to an activating group) is 1. The summed E-state index contributed by atoms with van der Waals surface area (Å²) in [6.45, 7) is 6.52. The van der Waals surface area contributed by atoms with Crippen LogP contribution in [0.4, 0.5) is 5.69 Å². The van der Waals surface area contributed by atoms with Crippen LogP contribution in [0, 0.1) is 6.92 Å². The van der Waals surface area contributed by atoms with Gasteiger partial charge in [-0.2, -0.15) is 0 Å². The Balaban J connectivity index is 2.63. The molecule has 0 aromatic heterocycles. The maximum Gasteiger partial charge on any atom is 0.338 e. The van der Waals surface area contributed by atoms with E-state index >= 15 is 0 Å². The zero-order valence-corrected chi connectivity index (χ0v) is 11.6. The molecule has 0 spiro atoms. The summed E-state index contributed by atoms with van der Waals surface area (Å²) in [4.78, 5) is 25.2. The van der Waals surface area contributed by atoms with Gasteiger partial charge in [-0.25, -0.2) is 4.79 Å². The molecule has 1 rings (SSSR count). The number of aryl methyl sites for hydroxylation is 1. The van der Waals surface area contributed by atoms with Gasteiger partial charge in [-0.15, -0.1) is 0 Å². The molecule has 1 amide bonds. The number of nitrogens with two attached hydrogens (primary N) is 1. The minimum absolute atomic E-state index is 0.188. The van der Waals surface area contributed by atoms with Crippen molar-refractivity contribution < 1.29 is 14.3 Å². The van der Waals surface area contributed by atoms with Gasteiger partial charge < -0.3 is 15.4 Å². The van der Waals surface area contributed by atoms with Crippen LogP contribution in [0.25, 0.3) is 0 Å². The molecule has 0 aliphatic carbocycles. The monoisotopic (exact) mass is 264 g/mol. The van der Waals surface area contributed by atoms with Crippen molar-refractivity contribution >= 4 is 17.6 Å². The summed E-state index contributed by atoms with van der Waals surface area (Å²) in [6.07, 6.45) is 0. The van der Waals surface area contributed by atoms with Crippen LogP contribution >= 0.6 is 0 Å². The molecule has 0 aliphatic rings. The Morgan fingerprint density at radius 1 is 1.26 bits per heavy atom. The Hall–Kier alpha value is -2.04. The average molecular weight is 264 g/mol. The number of nitrogen functional groups attached to an aromatic ring is 1. The van der Waals surface area contributed by atoms with Crippen LogP contribution < -0.4 is 5.73 Å². The van der Waals surface area contributed by atoms with E-state index in [1.54, 1.807) is 30.0 Å². The highest BCUT2D eigenvalue weighted by atomic mass is 16.5. The zero-order chi connectivity index (χ0) is 14.4. The molecule has 2 N–H and O–H groups in total. The summed E-state index contributed by atoms with van der Waals surface area (Å²) in [7, 11) is 0. The second kappa shape index (κ2) is 6.78. The van der Waals surface area contributed by atoms with Crippen LogP contribution in [0.3, 0.4) is 0 Å². The van der Waals surface area contributed by atoms with E-state index in [0.29, 0.717) is 24.3 Å². The van der Waals surface area contributed by atoms with E-state index in [0.717, 1.165) is 5.56 Å². The fraction of sp³-hybridized carbons (Fsp3) is 0.429. The third-order valence-corrected chi connectivity index (χ3v) is 2.91. The molecule has 1 aromatic carbocycles. The highest BCUT2D eigenvalue weighted by Crippen LogP contribution is 2.13. The van der Waals surface area contributed by atoms with E-state index in [9.17, 15) is 9.59 Å². The van der Waals surface area contributed by atoms with E-state index in [4.69, 9.17) is 10.5 Å². The van der Waals surface area contributed by atoms with Crippen molar-refractivity contribution in [3.8, 4) is 0 Å². The lowest BCUT2D eigenvalue weighted by Crippen LogP contribution is -2.34. The summed E-state index contributed by atoms with van der Waals surface area (Å²) < 4.78 is 5.02. The van der Waals surface area contributed by atoms with E-state index < -0.39 is 5.97 Å². The van der Waals surface area contributed by atoms with Gasteiger partial charge in [0.1, 0.15) is 0 Å². The van der Waals surface area contributed by atoms with Crippen LogP contribution in [-0.2, 0) is 9.53 Å². The highest BCUT2D eigenvalue weighted by Gasteiger charge is 2.15. The van der Waals surface area contributed by atoms with Crippen molar-refractivity contribution in [2.75, 3.05) is 25.4 Å². The summed E-state index contributed by atoms with van der Waals surface area (Å²) >= 11 is 0. The second-order valence-electron chi connectivity index (χ2n) is 4.22. The van der Waals surface area contributed by atoms with Gasteiger partial charge in [-0.3, -0.25) is 4.79 Å². The van der Waals surface area contributed by atoms with Gasteiger partial charge in [-0.05, 0) is 44.5 Å². The minimum atomic E-state index is -0.502. The van der Waals surface area contributed by atoms with Crippen molar-refractivity contribution in [3.05, 3.63) is 29.3 Å². The number of nitrogens with zero attached hydrogens (tertiary/aromatic N) is 1. The molecule has 19 heavy (non-hydrogen) atoms. The number of carbonyl (C=O) groups is 2. The molecule has 104 valence electrons. The van der Waals surface area contributed by atoms with E-state index in [2.05, 4.69) is 0 Å². The van der Waals surface area contributed by atoms with Gasteiger partial charge in [0.2, 0.25) is 0 Å². The fourth-order valence-electron chi connectivity index (χ4n) is 1.79. The lowest BCUT2D eigenvalue weighted by atomic mass is 10.1. The standard InChI is InChI=1S/C14H20N2O3/c1-4-16(5-2)13(17)9-19-14(18)12-7-6-11(15)8-10(12)3/h6-8H,4-5,9,15H2,1-3H3. The summed E-state index contributed by atoms with van der Waals surface area (Å²) in [5.74, 6) is -0.690. The quantitative estimate of drug-likeness (QED) is 0.647. The van der Waals surface area contributed by atoms with Gasteiger partial charge >= 0.3 is 5.97 Å². The molecule has 0 atom stereocenters. The van der Waals surface area contributed by atoms with Crippen LogP contribution in [0.15, 0.2) is 18.2 Å². The van der Waals surface area contributed by atoms with Crippen LogP contribution in [0.1, 0.15) is 29.8 Å². The van der Waals surface area contributed by atoms with E-state index in [-0.39, 0.29) is 12.5 Å². The first kappa shape index (κ1) is 15.0. The molecule has 0 unspecified atom stereocenters. The second-order valence-corrected chi connectivity index (χ2v) is 4.22. The predicted octanol–water partition coefficient (Wildman–Crippen LogP) is 1.60. The van der Waals surface area contributed by atoms with Crippen molar-refractivity contribution in [2.24, 2.45) is 0 Å². The molecule has 0 heterocycles. The molecule has 0 saturated carbocycles. The normalized spacial score (nSPS) is 10.1. The SMILES string of the molecule is CCN(CC)C(=O)COC(=O)c1ccc(N)cc1C. The Morgan fingerprint density at radius 2 is 1.89 bits per heavy atom. The number of anilines is 1. The fourth-order valence-corrected chi connectivity index (χ4v) is 1.79. The van der Waals surface area contributed by atoms with Gasteiger partial charge in [0, 0.05) is 18.8 Å². The van der Waals surface area contributed by atoms with Crippen LogP contribution in [0.5, 0.6) is 0 Å². The number of amides is 1. The van der Waals surface area contributed by atoms with Gasteiger partial charge in [0.15, 0.2) is 6.61 Å². The molecule has 0 bridgehead atoms. The predicted molar refractivity (Wildman–Crippen MR) is 73.8 cm³/mol. The summed E-state index contributed by atoms with van der Waals surface area (Å²) in [6, 6.07) is 4.94. The largest absolute Gasteiger partial charge is 0.452 e. The minimum Gasteiger partial charge on any atom is -0.452 e. The molecule has 0 radical (unpaired) electrons. The number of hydrogen-bond acceptors (Lipinski definition) is 4. The molecular weight excluding hydrogens is 244 g/mol. The number of ether oxygens (including phenoxy) is 1. The van der Waals surface area contributed by atoms with Crippen molar-refractivity contribution in [1.82, 2.24) is 4.90 Å². The number of esters is 1. The topological polar surface area (TPSA) is 72.6 Å². The number of rotatable bonds is 5. The summed E-state index contributed by atoms with van der Waals surface area (Å²) in [5.41, 5.74) is 7.37. The van der Waals surface area contributed by atoms with Crippen LogP contribution in [-0.4, -0.2) is 36.5 Å². The molecule has 0 fully saturated rings. The van der Waals surface area contributed by atoms with Crippen molar-refractivity contribution in [2.45, 2.75) is 20.8 Å². The smallest absolute Gasteiger partial charge is 0.338 e. The van der Waals surface area contributed by atoms with Crippen molar-refractivity contribution in [3.63, 3.8) is 0 Å². The third kappa shape index (κ3) is 3.98. The number of carbonyl (C=O) groups excluding carboxylic acids is 2. The number of hydrogen-bond donors (Lipinski definition) is 1. The molecular formula is C14H20N2O3. The lowest BCUT2D eigenvalue weighted by Gasteiger charge is -2.18. The molecule has 0 aliphatic heterocycles. The van der Waals surface area contributed by atoms with E-state index in [1.165, 1.54) is 0 Å². The Morgan fingerprint density at radius 3 is 2.42 bits per heavy atom. The maximum absolute atomic E-state index is 11.8. The first-order valence-corrected chi connectivity index (χ1v) is 6.30. The first-order valence-electron chi connectivity index (χ1n) is 6.30.